The van der Waals surface area contributed by atoms with Crippen LogP contribution in [-0.2, 0) is 11.2 Å². The molecule has 0 aromatic heterocycles. The van der Waals surface area contributed by atoms with Crippen molar-refractivity contribution in [1.82, 2.24) is 5.32 Å². The van der Waals surface area contributed by atoms with Gasteiger partial charge in [0, 0.05) is 18.2 Å². The van der Waals surface area contributed by atoms with E-state index in [1.165, 1.54) is 6.07 Å². The van der Waals surface area contributed by atoms with Crippen molar-refractivity contribution < 1.29 is 14.9 Å². The van der Waals surface area contributed by atoms with Crippen molar-refractivity contribution in [1.29, 1.82) is 0 Å². The van der Waals surface area contributed by atoms with Crippen LogP contribution in [0.2, 0.25) is 0 Å². The first-order chi connectivity index (χ1) is 7.72. The number of benzene rings is 1. The largest absolute Gasteiger partial charge is 0.508 e. The van der Waals surface area contributed by atoms with Gasteiger partial charge in [-0.15, -0.1) is 0 Å². The Morgan fingerprint density at radius 1 is 1.38 bits per heavy atom. The van der Waals surface area contributed by atoms with Crippen LogP contribution in [0.15, 0.2) is 12.1 Å². The number of ether oxygens (including phenoxy) is 1. The molecular weight excluding hydrogens is 206 g/mol. The van der Waals surface area contributed by atoms with Gasteiger partial charge in [-0.1, -0.05) is 6.92 Å². The van der Waals surface area contributed by atoms with Crippen LogP contribution in [0, 0.1) is 0 Å². The number of rotatable bonds is 2. The maximum absolute atomic E-state index is 9.81. The van der Waals surface area contributed by atoms with Crippen molar-refractivity contribution in [3.8, 4) is 11.5 Å². The minimum atomic E-state index is 0.0136. The molecule has 0 amide bonds. The standard InChI is InChI=1S/C12H17NO3/c1-2-8-5-9(12(15)6-11(8)14)10-7-16-4-3-13-10/h5-6,10,13-15H,2-4,7H2,1H3. The predicted molar refractivity (Wildman–Crippen MR) is 60.7 cm³/mol. The van der Waals surface area contributed by atoms with Gasteiger partial charge >= 0.3 is 0 Å². The quantitative estimate of drug-likeness (QED) is 0.707. The maximum Gasteiger partial charge on any atom is 0.124 e. The monoisotopic (exact) mass is 223 g/mol. The lowest BCUT2D eigenvalue weighted by Crippen LogP contribution is -2.34. The average Bonchev–Trinajstić information content (AvgIpc) is 2.30. The highest BCUT2D eigenvalue weighted by Crippen LogP contribution is 2.32. The first kappa shape index (κ1) is 11.2. The van der Waals surface area contributed by atoms with E-state index in [0.717, 1.165) is 24.1 Å². The molecule has 1 aromatic carbocycles. The summed E-state index contributed by atoms with van der Waals surface area (Å²) in [7, 11) is 0. The van der Waals surface area contributed by atoms with E-state index in [0.29, 0.717) is 13.2 Å². The molecule has 1 aliphatic heterocycles. The topological polar surface area (TPSA) is 61.7 Å². The highest BCUT2D eigenvalue weighted by molar-refractivity contribution is 5.46. The van der Waals surface area contributed by atoms with E-state index in [-0.39, 0.29) is 17.5 Å². The molecule has 1 heterocycles. The highest BCUT2D eigenvalue weighted by atomic mass is 16.5. The van der Waals surface area contributed by atoms with Crippen molar-refractivity contribution in [2.24, 2.45) is 0 Å². The van der Waals surface area contributed by atoms with Gasteiger partial charge in [-0.2, -0.15) is 0 Å². The van der Waals surface area contributed by atoms with Gasteiger partial charge in [0.05, 0.1) is 19.3 Å². The van der Waals surface area contributed by atoms with E-state index in [1.54, 1.807) is 0 Å². The average molecular weight is 223 g/mol. The molecule has 88 valence electrons. The molecule has 4 nitrogen and oxygen atoms in total. The van der Waals surface area contributed by atoms with Gasteiger partial charge in [0.2, 0.25) is 0 Å². The van der Waals surface area contributed by atoms with Gasteiger partial charge in [0.25, 0.3) is 0 Å². The molecule has 1 aliphatic rings. The number of phenols is 2. The number of nitrogens with one attached hydrogen (secondary N) is 1. The Balaban J connectivity index is 2.31. The van der Waals surface area contributed by atoms with E-state index >= 15 is 0 Å². The molecule has 1 unspecified atom stereocenters. The van der Waals surface area contributed by atoms with Crippen LogP contribution in [0.5, 0.6) is 11.5 Å². The summed E-state index contributed by atoms with van der Waals surface area (Å²) in [5.41, 5.74) is 1.65. The zero-order valence-electron chi connectivity index (χ0n) is 9.36. The van der Waals surface area contributed by atoms with Crippen molar-refractivity contribution in [3.05, 3.63) is 23.3 Å². The Kier molecular flexibility index (Phi) is 3.31. The van der Waals surface area contributed by atoms with Crippen LogP contribution in [0.1, 0.15) is 24.1 Å². The number of phenolic OH excluding ortho intramolecular Hbond substituents is 2. The Labute approximate surface area is 94.9 Å². The zero-order chi connectivity index (χ0) is 11.5. The molecule has 1 atom stereocenters. The number of morpholine rings is 1. The molecule has 3 N–H and O–H groups in total. The lowest BCUT2D eigenvalue weighted by Gasteiger charge is -2.25. The smallest absolute Gasteiger partial charge is 0.124 e. The number of aryl methyl sites for hydroxylation is 1. The van der Waals surface area contributed by atoms with Crippen molar-refractivity contribution >= 4 is 0 Å². The molecule has 2 rings (SSSR count). The van der Waals surface area contributed by atoms with E-state index in [4.69, 9.17) is 4.74 Å². The molecule has 0 radical (unpaired) electrons. The number of aromatic hydroxyl groups is 2. The molecule has 0 spiro atoms. The maximum atomic E-state index is 9.81. The van der Waals surface area contributed by atoms with Crippen LogP contribution in [0.3, 0.4) is 0 Å². The molecule has 0 saturated carbocycles. The second kappa shape index (κ2) is 4.72. The molecule has 4 heteroatoms. The fraction of sp³-hybridized carbons (Fsp3) is 0.500. The van der Waals surface area contributed by atoms with Gasteiger partial charge in [0.1, 0.15) is 11.5 Å². The van der Waals surface area contributed by atoms with Crippen LogP contribution < -0.4 is 5.32 Å². The van der Waals surface area contributed by atoms with Crippen LogP contribution in [0.25, 0.3) is 0 Å². The predicted octanol–water partition coefficient (Wildman–Crippen LogP) is 1.32. The normalized spacial score (nSPS) is 20.9. The number of hydrogen-bond acceptors (Lipinski definition) is 4. The summed E-state index contributed by atoms with van der Waals surface area (Å²) in [6.45, 7) is 4.02. The van der Waals surface area contributed by atoms with E-state index in [2.05, 4.69) is 5.32 Å². The molecule has 1 fully saturated rings. The minimum Gasteiger partial charge on any atom is -0.508 e. The molecular formula is C12H17NO3. The molecule has 0 bridgehead atoms. The second-order valence-corrected chi connectivity index (χ2v) is 3.97. The molecule has 1 aromatic rings. The third kappa shape index (κ3) is 2.13. The Bertz CT molecular complexity index is 373. The Morgan fingerprint density at radius 3 is 2.81 bits per heavy atom. The first-order valence-corrected chi connectivity index (χ1v) is 5.58. The van der Waals surface area contributed by atoms with Gasteiger partial charge in [0.15, 0.2) is 0 Å². The molecule has 1 saturated heterocycles. The van der Waals surface area contributed by atoms with Gasteiger partial charge in [-0.05, 0) is 18.1 Å². The Hall–Kier alpha value is -1.26. The summed E-state index contributed by atoms with van der Waals surface area (Å²) in [5.74, 6) is 0.276. The highest BCUT2D eigenvalue weighted by Gasteiger charge is 2.19. The SMILES string of the molecule is CCc1cc(C2COCCN2)c(O)cc1O. The number of hydrogen-bond donors (Lipinski definition) is 3. The van der Waals surface area contributed by atoms with Crippen LogP contribution >= 0.6 is 0 Å². The summed E-state index contributed by atoms with van der Waals surface area (Å²) in [6, 6.07) is 3.27. The van der Waals surface area contributed by atoms with Crippen molar-refractivity contribution in [2.45, 2.75) is 19.4 Å². The first-order valence-electron chi connectivity index (χ1n) is 5.58. The van der Waals surface area contributed by atoms with E-state index < -0.39 is 0 Å². The fourth-order valence-corrected chi connectivity index (χ4v) is 1.97. The van der Waals surface area contributed by atoms with Gasteiger partial charge < -0.3 is 20.3 Å². The fourth-order valence-electron chi connectivity index (χ4n) is 1.97. The summed E-state index contributed by atoms with van der Waals surface area (Å²) in [5, 5.41) is 22.7. The third-order valence-electron chi connectivity index (χ3n) is 2.91. The van der Waals surface area contributed by atoms with E-state index in [9.17, 15) is 10.2 Å². The summed E-state index contributed by atoms with van der Waals surface area (Å²) < 4.78 is 5.36. The minimum absolute atomic E-state index is 0.0136. The van der Waals surface area contributed by atoms with Crippen molar-refractivity contribution in [2.75, 3.05) is 19.8 Å². The summed E-state index contributed by atoms with van der Waals surface area (Å²) in [4.78, 5) is 0. The lowest BCUT2D eigenvalue weighted by atomic mass is 10.0. The van der Waals surface area contributed by atoms with E-state index in [1.807, 2.05) is 13.0 Å². The second-order valence-electron chi connectivity index (χ2n) is 3.97. The summed E-state index contributed by atoms with van der Waals surface area (Å²) in [6.07, 6.45) is 0.743. The lowest BCUT2D eigenvalue weighted by molar-refractivity contribution is 0.0760. The van der Waals surface area contributed by atoms with Gasteiger partial charge in [-0.3, -0.25) is 0 Å². The van der Waals surface area contributed by atoms with Crippen LogP contribution in [0.4, 0.5) is 0 Å². The van der Waals surface area contributed by atoms with Crippen molar-refractivity contribution in [3.63, 3.8) is 0 Å². The third-order valence-corrected chi connectivity index (χ3v) is 2.91. The zero-order valence-corrected chi connectivity index (χ0v) is 9.36. The summed E-state index contributed by atoms with van der Waals surface area (Å²) >= 11 is 0. The molecule has 16 heavy (non-hydrogen) atoms. The van der Waals surface area contributed by atoms with Gasteiger partial charge in [-0.25, -0.2) is 0 Å². The Morgan fingerprint density at radius 2 is 2.19 bits per heavy atom. The molecule has 0 aliphatic carbocycles. The van der Waals surface area contributed by atoms with Crippen LogP contribution in [-0.4, -0.2) is 30.0 Å².